The van der Waals surface area contributed by atoms with Gasteiger partial charge in [0, 0.05) is 0 Å². The maximum Gasteiger partial charge on any atom is 0.119 e. The molecule has 13 heavy (non-hydrogen) atoms. The summed E-state index contributed by atoms with van der Waals surface area (Å²) in [6, 6.07) is 7.96. The molecule has 72 valence electrons. The predicted octanol–water partition coefficient (Wildman–Crippen LogP) is 1.61. The van der Waals surface area contributed by atoms with Crippen LogP contribution in [0.3, 0.4) is 0 Å². The van der Waals surface area contributed by atoms with E-state index in [1.807, 2.05) is 23.7 Å². The van der Waals surface area contributed by atoms with Gasteiger partial charge in [-0.25, -0.2) is 5.48 Å². The summed E-state index contributed by atoms with van der Waals surface area (Å²) in [7, 11) is 0. The number of rotatable bonds is 5. The number of nitrogens with one attached hydrogen (secondary N) is 1. The third kappa shape index (κ3) is 3.44. The third-order valence-electron chi connectivity index (χ3n) is 1.79. The Kier molecular flexibility index (Phi) is 4.29. The van der Waals surface area contributed by atoms with Crippen LogP contribution in [0.25, 0.3) is 0 Å². The first kappa shape index (κ1) is 10.0. The van der Waals surface area contributed by atoms with E-state index in [1.165, 1.54) is 5.56 Å². The van der Waals surface area contributed by atoms with Gasteiger partial charge in [0.25, 0.3) is 0 Å². The summed E-state index contributed by atoms with van der Waals surface area (Å²) in [6.07, 6.45) is 1.01. The fourth-order valence-electron chi connectivity index (χ4n) is 1.07. The molecule has 1 aromatic carbocycles. The molecule has 1 aromatic rings. The van der Waals surface area contributed by atoms with Crippen LogP contribution >= 0.6 is 0 Å². The quantitative estimate of drug-likeness (QED) is 0.535. The average molecular weight is 181 g/mol. The topological polar surface area (TPSA) is 41.5 Å². The summed E-state index contributed by atoms with van der Waals surface area (Å²) in [6.45, 7) is 3.02. The lowest BCUT2D eigenvalue weighted by Gasteiger charge is -2.06. The van der Waals surface area contributed by atoms with Gasteiger partial charge in [0.1, 0.15) is 12.4 Å². The van der Waals surface area contributed by atoms with E-state index in [0.29, 0.717) is 13.2 Å². The molecule has 3 nitrogen and oxygen atoms in total. The van der Waals surface area contributed by atoms with Crippen molar-refractivity contribution >= 4 is 0 Å². The minimum Gasteiger partial charge on any atom is -0.492 e. The first-order valence-corrected chi connectivity index (χ1v) is 4.45. The zero-order valence-electron chi connectivity index (χ0n) is 7.79. The molecule has 0 aliphatic heterocycles. The SMILES string of the molecule is CCc1cccc(OCCNO)c1. The molecule has 0 amide bonds. The first-order chi connectivity index (χ1) is 6.36. The van der Waals surface area contributed by atoms with Crippen LogP contribution in [-0.2, 0) is 6.42 Å². The monoisotopic (exact) mass is 181 g/mol. The second kappa shape index (κ2) is 5.56. The molecule has 1 rings (SSSR count). The number of aryl methyl sites for hydroxylation is 1. The first-order valence-electron chi connectivity index (χ1n) is 4.45. The predicted molar refractivity (Wildman–Crippen MR) is 51.1 cm³/mol. The van der Waals surface area contributed by atoms with E-state index in [1.54, 1.807) is 0 Å². The normalized spacial score (nSPS) is 10.0. The molecule has 0 radical (unpaired) electrons. The molecule has 2 N–H and O–H groups in total. The van der Waals surface area contributed by atoms with E-state index in [-0.39, 0.29) is 0 Å². The Morgan fingerprint density at radius 1 is 1.46 bits per heavy atom. The van der Waals surface area contributed by atoms with Crippen molar-refractivity contribution in [2.24, 2.45) is 0 Å². The highest BCUT2D eigenvalue weighted by Gasteiger charge is 1.94. The Bertz CT molecular complexity index is 250. The molecule has 0 aliphatic rings. The molecule has 0 heterocycles. The molecule has 0 unspecified atom stereocenters. The summed E-state index contributed by atoms with van der Waals surface area (Å²) in [5.41, 5.74) is 3.30. The Morgan fingerprint density at radius 3 is 3.00 bits per heavy atom. The van der Waals surface area contributed by atoms with Crippen LogP contribution in [0.15, 0.2) is 24.3 Å². The summed E-state index contributed by atoms with van der Waals surface area (Å²) in [4.78, 5) is 0. The smallest absolute Gasteiger partial charge is 0.119 e. The number of hydrogen-bond donors (Lipinski definition) is 2. The van der Waals surface area contributed by atoms with E-state index in [2.05, 4.69) is 13.0 Å². The van der Waals surface area contributed by atoms with Crippen LogP contribution in [-0.4, -0.2) is 18.4 Å². The number of ether oxygens (including phenoxy) is 1. The molecule has 0 saturated carbocycles. The molecular formula is C10H15NO2. The van der Waals surface area contributed by atoms with Crippen molar-refractivity contribution in [1.29, 1.82) is 0 Å². The van der Waals surface area contributed by atoms with Crippen molar-refractivity contribution < 1.29 is 9.94 Å². The second-order valence-electron chi connectivity index (χ2n) is 2.76. The van der Waals surface area contributed by atoms with E-state index in [4.69, 9.17) is 9.94 Å². The van der Waals surface area contributed by atoms with E-state index < -0.39 is 0 Å². The van der Waals surface area contributed by atoms with Crippen LogP contribution in [0.5, 0.6) is 5.75 Å². The van der Waals surface area contributed by atoms with Gasteiger partial charge < -0.3 is 9.94 Å². The zero-order valence-corrected chi connectivity index (χ0v) is 7.79. The van der Waals surface area contributed by atoms with Crippen molar-refractivity contribution in [1.82, 2.24) is 5.48 Å². The van der Waals surface area contributed by atoms with Gasteiger partial charge in [-0.3, -0.25) is 0 Å². The Hall–Kier alpha value is -1.06. The molecule has 3 heteroatoms. The molecule has 0 saturated heterocycles. The van der Waals surface area contributed by atoms with E-state index >= 15 is 0 Å². The lowest BCUT2D eigenvalue weighted by Crippen LogP contribution is -2.16. The average Bonchev–Trinajstić information content (AvgIpc) is 2.19. The number of hydroxylamine groups is 1. The van der Waals surface area contributed by atoms with E-state index in [9.17, 15) is 0 Å². The van der Waals surface area contributed by atoms with Crippen LogP contribution < -0.4 is 10.2 Å². The fourth-order valence-corrected chi connectivity index (χ4v) is 1.07. The molecule has 0 bridgehead atoms. The highest BCUT2D eigenvalue weighted by Crippen LogP contribution is 2.13. The second-order valence-corrected chi connectivity index (χ2v) is 2.76. The van der Waals surface area contributed by atoms with Crippen LogP contribution in [0.1, 0.15) is 12.5 Å². The van der Waals surface area contributed by atoms with Gasteiger partial charge in [0.05, 0.1) is 6.54 Å². The Balaban J connectivity index is 2.46. The van der Waals surface area contributed by atoms with Gasteiger partial charge >= 0.3 is 0 Å². The lowest BCUT2D eigenvalue weighted by atomic mass is 10.2. The molecular weight excluding hydrogens is 166 g/mol. The summed E-state index contributed by atoms with van der Waals surface area (Å²) in [5, 5.41) is 8.32. The minimum atomic E-state index is 0.441. The zero-order chi connectivity index (χ0) is 9.52. The van der Waals surface area contributed by atoms with Crippen molar-refractivity contribution in [2.75, 3.05) is 13.2 Å². The maximum atomic E-state index is 8.32. The van der Waals surface area contributed by atoms with Crippen molar-refractivity contribution in [3.8, 4) is 5.75 Å². The van der Waals surface area contributed by atoms with Gasteiger partial charge in [-0.15, -0.1) is 0 Å². The summed E-state index contributed by atoms with van der Waals surface area (Å²) in [5.74, 6) is 0.856. The van der Waals surface area contributed by atoms with Crippen molar-refractivity contribution in [3.05, 3.63) is 29.8 Å². The van der Waals surface area contributed by atoms with Crippen LogP contribution in [0.2, 0.25) is 0 Å². The van der Waals surface area contributed by atoms with Crippen LogP contribution in [0.4, 0.5) is 0 Å². The Labute approximate surface area is 78.3 Å². The minimum absolute atomic E-state index is 0.441. The van der Waals surface area contributed by atoms with Gasteiger partial charge in [-0.1, -0.05) is 19.1 Å². The van der Waals surface area contributed by atoms with Gasteiger partial charge in [0.15, 0.2) is 0 Å². The number of benzene rings is 1. The largest absolute Gasteiger partial charge is 0.492 e. The van der Waals surface area contributed by atoms with E-state index in [0.717, 1.165) is 12.2 Å². The molecule has 0 aromatic heterocycles. The van der Waals surface area contributed by atoms with Gasteiger partial charge in [-0.2, -0.15) is 0 Å². The maximum absolute atomic E-state index is 8.32. The molecule has 0 fully saturated rings. The standard InChI is InChI=1S/C10H15NO2/c1-2-9-4-3-5-10(8-9)13-7-6-11-12/h3-5,8,11-12H,2,6-7H2,1H3. The molecule has 0 spiro atoms. The highest BCUT2D eigenvalue weighted by atomic mass is 16.5. The third-order valence-corrected chi connectivity index (χ3v) is 1.79. The summed E-state index contributed by atoms with van der Waals surface area (Å²) >= 11 is 0. The highest BCUT2D eigenvalue weighted by molar-refractivity contribution is 5.28. The van der Waals surface area contributed by atoms with Gasteiger partial charge in [-0.05, 0) is 24.1 Å². The molecule has 0 atom stereocenters. The molecule has 0 aliphatic carbocycles. The van der Waals surface area contributed by atoms with Crippen molar-refractivity contribution in [3.63, 3.8) is 0 Å². The summed E-state index contributed by atoms with van der Waals surface area (Å²) < 4.78 is 5.37. The van der Waals surface area contributed by atoms with Gasteiger partial charge in [0.2, 0.25) is 0 Å². The van der Waals surface area contributed by atoms with Crippen LogP contribution in [0, 0.1) is 0 Å². The Morgan fingerprint density at radius 2 is 2.31 bits per heavy atom. The number of hydrogen-bond acceptors (Lipinski definition) is 3. The lowest BCUT2D eigenvalue weighted by molar-refractivity contribution is 0.145. The fraction of sp³-hybridized carbons (Fsp3) is 0.400. The van der Waals surface area contributed by atoms with Crippen molar-refractivity contribution in [2.45, 2.75) is 13.3 Å².